The SMILES string of the molecule is CCOP(=O)(OCC)C(O)[C@H](CCC(=O)N1CCCC(c2ccccc2)C1)NC(=O)[C@H](CC1CCCCC1)NC(=O)O. The fraction of sp³-hybridized carbons (Fsp3) is 0.700. The molecular weight excluding hydrogens is 561 g/mol. The summed E-state index contributed by atoms with van der Waals surface area (Å²) in [5.41, 5.74) is 1.18. The lowest BCUT2D eigenvalue weighted by molar-refractivity contribution is -0.133. The standard InChI is InChI=1S/C30H48N3O8P/c1-3-40-42(39,41-4-2)29(36)25(31-28(35)26(32-30(37)38)20-22-12-7-5-8-13-22)17-18-27(34)33-19-11-16-24(21-33)23-14-9-6-10-15-23/h6,9-10,14-15,22,24-26,29,32,36H,3-5,7-8,11-13,16-21H2,1-2H3,(H,31,35)(H,37,38)/t24?,25-,26-,29?/m0/s1. The second kappa shape index (κ2) is 17.0. The molecule has 1 aliphatic heterocycles. The highest BCUT2D eigenvalue weighted by Crippen LogP contribution is 2.53. The minimum absolute atomic E-state index is 0.00740. The predicted molar refractivity (Wildman–Crippen MR) is 159 cm³/mol. The summed E-state index contributed by atoms with van der Waals surface area (Å²) in [4.78, 5) is 40.1. The van der Waals surface area contributed by atoms with Crippen molar-refractivity contribution in [1.29, 1.82) is 0 Å². The number of hydrogen-bond acceptors (Lipinski definition) is 7. The van der Waals surface area contributed by atoms with E-state index in [0.29, 0.717) is 19.5 Å². The quantitative estimate of drug-likeness (QED) is 0.206. The molecule has 0 bridgehead atoms. The molecule has 3 rings (SSSR count). The summed E-state index contributed by atoms with van der Waals surface area (Å²) in [5, 5.41) is 25.7. The van der Waals surface area contributed by atoms with Crippen molar-refractivity contribution in [2.24, 2.45) is 5.92 Å². The maximum atomic E-state index is 13.5. The number of nitrogens with zero attached hydrogens (tertiary/aromatic N) is 1. The molecule has 4 atom stereocenters. The number of nitrogens with one attached hydrogen (secondary N) is 2. The highest BCUT2D eigenvalue weighted by atomic mass is 31.2. The summed E-state index contributed by atoms with van der Waals surface area (Å²) in [6.45, 7) is 4.44. The Morgan fingerprint density at radius 2 is 1.67 bits per heavy atom. The van der Waals surface area contributed by atoms with E-state index < -0.39 is 37.5 Å². The third-order valence-electron chi connectivity index (χ3n) is 8.25. The van der Waals surface area contributed by atoms with E-state index in [2.05, 4.69) is 22.8 Å². The van der Waals surface area contributed by atoms with Crippen LogP contribution in [0.2, 0.25) is 0 Å². The minimum atomic E-state index is -4.08. The van der Waals surface area contributed by atoms with Crippen LogP contribution in [0.5, 0.6) is 0 Å². The number of amides is 3. The maximum Gasteiger partial charge on any atom is 0.405 e. The summed E-state index contributed by atoms with van der Waals surface area (Å²) in [6, 6.07) is 7.85. The number of hydrogen-bond donors (Lipinski definition) is 4. The van der Waals surface area contributed by atoms with E-state index in [1.165, 1.54) is 5.56 Å². The van der Waals surface area contributed by atoms with Gasteiger partial charge in [-0.25, -0.2) is 4.79 Å². The number of benzene rings is 1. The van der Waals surface area contributed by atoms with Gasteiger partial charge in [0.05, 0.1) is 19.3 Å². The van der Waals surface area contributed by atoms with Gasteiger partial charge in [0.25, 0.3) is 0 Å². The van der Waals surface area contributed by atoms with Crippen LogP contribution in [0.4, 0.5) is 4.79 Å². The average molecular weight is 610 g/mol. The smallest absolute Gasteiger partial charge is 0.405 e. The van der Waals surface area contributed by atoms with Gasteiger partial charge in [-0.2, -0.15) is 0 Å². The third-order valence-corrected chi connectivity index (χ3v) is 10.5. The van der Waals surface area contributed by atoms with Crippen molar-refractivity contribution < 1.29 is 38.2 Å². The lowest BCUT2D eigenvalue weighted by Crippen LogP contribution is -2.53. The number of carboxylic acid groups (broad SMARTS) is 1. The van der Waals surface area contributed by atoms with Crippen LogP contribution in [-0.2, 0) is 23.2 Å². The third kappa shape index (κ3) is 10.1. The average Bonchev–Trinajstić information content (AvgIpc) is 2.99. The molecule has 3 amide bonds. The summed E-state index contributed by atoms with van der Waals surface area (Å²) in [7, 11) is -4.08. The van der Waals surface area contributed by atoms with Crippen LogP contribution in [0.1, 0.15) is 89.5 Å². The Bertz CT molecular complexity index is 1040. The Labute approximate surface area is 249 Å². The summed E-state index contributed by atoms with van der Waals surface area (Å²) in [5.74, 6) is -2.09. The van der Waals surface area contributed by atoms with Crippen molar-refractivity contribution in [1.82, 2.24) is 15.5 Å². The molecule has 1 aromatic carbocycles. The molecule has 4 N–H and O–H groups in total. The van der Waals surface area contributed by atoms with Gasteiger partial charge < -0.3 is 34.8 Å². The first-order valence-electron chi connectivity index (χ1n) is 15.4. The molecule has 0 spiro atoms. The number of carbonyl (C=O) groups excluding carboxylic acids is 2. The van der Waals surface area contributed by atoms with E-state index in [4.69, 9.17) is 9.05 Å². The van der Waals surface area contributed by atoms with Gasteiger partial charge in [-0.3, -0.25) is 14.2 Å². The molecule has 1 aromatic rings. The molecule has 236 valence electrons. The Balaban J connectivity index is 1.74. The van der Waals surface area contributed by atoms with Crippen molar-refractivity contribution in [2.75, 3.05) is 26.3 Å². The van der Waals surface area contributed by atoms with Gasteiger partial charge in [-0.15, -0.1) is 0 Å². The van der Waals surface area contributed by atoms with Gasteiger partial charge in [0.2, 0.25) is 11.8 Å². The Kier molecular flexibility index (Phi) is 13.8. The van der Waals surface area contributed by atoms with E-state index in [1.54, 1.807) is 18.7 Å². The molecule has 1 saturated heterocycles. The monoisotopic (exact) mass is 609 g/mol. The van der Waals surface area contributed by atoms with Crippen molar-refractivity contribution in [3.8, 4) is 0 Å². The zero-order valence-electron chi connectivity index (χ0n) is 24.9. The maximum absolute atomic E-state index is 13.5. The van der Waals surface area contributed by atoms with Gasteiger partial charge in [-0.05, 0) is 51.0 Å². The predicted octanol–water partition coefficient (Wildman–Crippen LogP) is 4.85. The van der Waals surface area contributed by atoms with Gasteiger partial charge in [0.1, 0.15) is 6.04 Å². The van der Waals surface area contributed by atoms with E-state index in [9.17, 15) is 29.2 Å². The second-order valence-electron chi connectivity index (χ2n) is 11.3. The highest BCUT2D eigenvalue weighted by Gasteiger charge is 2.42. The minimum Gasteiger partial charge on any atom is -0.465 e. The largest absolute Gasteiger partial charge is 0.465 e. The topological polar surface area (TPSA) is 154 Å². The lowest BCUT2D eigenvalue weighted by atomic mass is 9.84. The second-order valence-corrected chi connectivity index (χ2v) is 13.4. The zero-order valence-corrected chi connectivity index (χ0v) is 25.8. The molecular formula is C30H48N3O8P. The number of likely N-dealkylation sites (tertiary alicyclic amines) is 1. The molecule has 11 nitrogen and oxygen atoms in total. The van der Waals surface area contributed by atoms with E-state index in [0.717, 1.165) is 44.9 Å². The highest BCUT2D eigenvalue weighted by molar-refractivity contribution is 7.54. The van der Waals surface area contributed by atoms with Crippen LogP contribution in [0.25, 0.3) is 0 Å². The van der Waals surface area contributed by atoms with E-state index >= 15 is 0 Å². The number of aliphatic hydroxyl groups is 1. The first kappa shape index (κ1) is 34.0. The van der Waals surface area contributed by atoms with Crippen LogP contribution in [-0.4, -0.2) is 77.3 Å². The Hall–Kier alpha value is -2.46. The summed E-state index contributed by atoms with van der Waals surface area (Å²) < 4.78 is 24.2. The molecule has 12 heteroatoms. The van der Waals surface area contributed by atoms with Crippen molar-refractivity contribution in [3.63, 3.8) is 0 Å². The lowest BCUT2D eigenvalue weighted by Gasteiger charge is -2.34. The normalized spacial score (nSPS) is 20.4. The number of rotatable bonds is 15. The fourth-order valence-electron chi connectivity index (χ4n) is 6.12. The van der Waals surface area contributed by atoms with Crippen molar-refractivity contribution in [3.05, 3.63) is 35.9 Å². The number of aliphatic hydroxyl groups excluding tert-OH is 1. The molecule has 2 unspecified atom stereocenters. The van der Waals surface area contributed by atoms with E-state index in [1.807, 2.05) is 18.2 Å². The molecule has 0 radical (unpaired) electrons. The molecule has 0 aromatic heterocycles. The zero-order chi connectivity index (χ0) is 30.5. The van der Waals surface area contributed by atoms with Crippen molar-refractivity contribution in [2.45, 2.75) is 102 Å². The van der Waals surface area contributed by atoms with Crippen LogP contribution in [0, 0.1) is 5.92 Å². The molecule has 42 heavy (non-hydrogen) atoms. The molecule has 2 aliphatic rings. The Morgan fingerprint density at radius 1 is 1.00 bits per heavy atom. The van der Waals surface area contributed by atoms with Crippen LogP contribution in [0.15, 0.2) is 30.3 Å². The van der Waals surface area contributed by atoms with Crippen LogP contribution >= 0.6 is 7.60 Å². The van der Waals surface area contributed by atoms with Gasteiger partial charge in [0.15, 0.2) is 5.85 Å². The Morgan fingerprint density at radius 3 is 2.29 bits per heavy atom. The van der Waals surface area contributed by atoms with Crippen molar-refractivity contribution >= 4 is 25.5 Å². The summed E-state index contributed by atoms with van der Waals surface area (Å²) in [6.07, 6.45) is 5.81. The first-order chi connectivity index (χ1) is 20.2. The van der Waals surface area contributed by atoms with Gasteiger partial charge >= 0.3 is 13.7 Å². The first-order valence-corrected chi connectivity index (χ1v) is 17.0. The molecule has 1 heterocycles. The van der Waals surface area contributed by atoms with E-state index in [-0.39, 0.29) is 43.8 Å². The number of piperidine rings is 1. The summed E-state index contributed by atoms with van der Waals surface area (Å²) >= 11 is 0. The molecule has 2 fully saturated rings. The van der Waals surface area contributed by atoms with Gasteiger partial charge in [-0.1, -0.05) is 62.4 Å². The fourth-order valence-corrected chi connectivity index (χ4v) is 7.89. The van der Waals surface area contributed by atoms with Crippen LogP contribution in [0.3, 0.4) is 0 Å². The van der Waals surface area contributed by atoms with Gasteiger partial charge in [0, 0.05) is 25.4 Å². The number of carbonyl (C=O) groups is 3. The molecule has 1 saturated carbocycles. The molecule has 1 aliphatic carbocycles. The van der Waals surface area contributed by atoms with Crippen LogP contribution < -0.4 is 10.6 Å².